The van der Waals surface area contributed by atoms with Gasteiger partial charge in [-0.25, -0.2) is 0 Å². The number of hydrogen-bond donors (Lipinski definition) is 2. The maximum atomic E-state index is 11.6. The van der Waals surface area contributed by atoms with E-state index in [-0.39, 0.29) is 11.9 Å². The normalized spacial score (nSPS) is 12.0. The van der Waals surface area contributed by atoms with Gasteiger partial charge in [-0.2, -0.15) is 0 Å². The van der Waals surface area contributed by atoms with Crippen molar-refractivity contribution in [3.63, 3.8) is 0 Å². The fraction of sp³-hybridized carbons (Fsp3) is 0.333. The van der Waals surface area contributed by atoms with Crippen LogP contribution in [-0.4, -0.2) is 17.9 Å². The SMILES string of the molecule is CNC(=O)c1cc(NC(C)c2cc(C)sc2C)ccn1. The minimum Gasteiger partial charge on any atom is -0.378 e. The molecule has 0 bridgehead atoms. The fourth-order valence-electron chi connectivity index (χ4n) is 2.18. The number of anilines is 1. The van der Waals surface area contributed by atoms with Gasteiger partial charge in [-0.15, -0.1) is 11.3 Å². The van der Waals surface area contributed by atoms with Crippen molar-refractivity contribution in [1.82, 2.24) is 10.3 Å². The quantitative estimate of drug-likeness (QED) is 0.908. The summed E-state index contributed by atoms with van der Waals surface area (Å²) in [7, 11) is 1.60. The number of amides is 1. The van der Waals surface area contributed by atoms with Crippen LogP contribution in [0, 0.1) is 13.8 Å². The molecule has 0 aliphatic heterocycles. The maximum Gasteiger partial charge on any atom is 0.269 e. The van der Waals surface area contributed by atoms with E-state index in [4.69, 9.17) is 0 Å². The summed E-state index contributed by atoms with van der Waals surface area (Å²) < 4.78 is 0. The summed E-state index contributed by atoms with van der Waals surface area (Å²) in [5.41, 5.74) is 2.61. The number of carbonyl (C=O) groups excluding carboxylic acids is 1. The lowest BCUT2D eigenvalue weighted by atomic mass is 10.1. The van der Waals surface area contributed by atoms with Crippen molar-refractivity contribution >= 4 is 22.9 Å². The first kappa shape index (κ1) is 14.5. The topological polar surface area (TPSA) is 54.0 Å². The summed E-state index contributed by atoms with van der Waals surface area (Å²) in [6, 6.07) is 6.04. The average molecular weight is 289 g/mol. The Morgan fingerprint density at radius 3 is 2.70 bits per heavy atom. The Labute approximate surface area is 123 Å². The van der Waals surface area contributed by atoms with Crippen LogP contribution in [0.25, 0.3) is 0 Å². The van der Waals surface area contributed by atoms with E-state index in [0.29, 0.717) is 5.69 Å². The molecule has 106 valence electrons. The first-order valence-corrected chi connectivity index (χ1v) is 7.34. The van der Waals surface area contributed by atoms with E-state index in [2.05, 4.69) is 42.5 Å². The van der Waals surface area contributed by atoms with Gasteiger partial charge in [0.1, 0.15) is 5.69 Å². The van der Waals surface area contributed by atoms with E-state index in [0.717, 1.165) is 5.69 Å². The van der Waals surface area contributed by atoms with Crippen LogP contribution in [0.4, 0.5) is 5.69 Å². The zero-order valence-electron chi connectivity index (χ0n) is 12.2. The molecule has 0 saturated carbocycles. The Hall–Kier alpha value is -1.88. The van der Waals surface area contributed by atoms with Crippen LogP contribution in [0.15, 0.2) is 24.4 Å². The Kier molecular flexibility index (Phi) is 4.39. The minimum absolute atomic E-state index is 0.177. The first-order chi connectivity index (χ1) is 9.51. The van der Waals surface area contributed by atoms with Crippen LogP contribution in [0.3, 0.4) is 0 Å². The lowest BCUT2D eigenvalue weighted by Crippen LogP contribution is -2.19. The largest absolute Gasteiger partial charge is 0.378 e. The molecule has 20 heavy (non-hydrogen) atoms. The van der Waals surface area contributed by atoms with Crippen molar-refractivity contribution in [2.75, 3.05) is 12.4 Å². The molecule has 0 radical (unpaired) electrons. The number of hydrogen-bond acceptors (Lipinski definition) is 4. The third-order valence-corrected chi connectivity index (χ3v) is 4.13. The average Bonchev–Trinajstić information content (AvgIpc) is 2.77. The zero-order valence-corrected chi connectivity index (χ0v) is 13.0. The number of nitrogens with zero attached hydrogens (tertiary/aromatic N) is 1. The Morgan fingerprint density at radius 2 is 2.10 bits per heavy atom. The smallest absolute Gasteiger partial charge is 0.269 e. The number of aromatic nitrogens is 1. The Balaban J connectivity index is 2.17. The van der Waals surface area contributed by atoms with Gasteiger partial charge in [-0.3, -0.25) is 9.78 Å². The van der Waals surface area contributed by atoms with Gasteiger partial charge in [0, 0.05) is 34.7 Å². The van der Waals surface area contributed by atoms with Gasteiger partial charge < -0.3 is 10.6 Å². The molecule has 1 unspecified atom stereocenters. The number of nitrogens with one attached hydrogen (secondary N) is 2. The summed E-state index contributed by atoms with van der Waals surface area (Å²) >= 11 is 1.80. The highest BCUT2D eigenvalue weighted by Gasteiger charge is 2.12. The van der Waals surface area contributed by atoms with Crippen LogP contribution < -0.4 is 10.6 Å². The van der Waals surface area contributed by atoms with E-state index >= 15 is 0 Å². The number of rotatable bonds is 4. The number of carbonyl (C=O) groups is 1. The molecule has 2 heterocycles. The minimum atomic E-state index is -0.177. The van der Waals surface area contributed by atoms with Gasteiger partial charge in [-0.05, 0) is 44.5 Å². The molecular weight excluding hydrogens is 270 g/mol. The molecule has 0 saturated heterocycles. The molecule has 0 aliphatic carbocycles. The van der Waals surface area contributed by atoms with E-state index < -0.39 is 0 Å². The molecule has 0 fully saturated rings. The lowest BCUT2D eigenvalue weighted by Gasteiger charge is -2.15. The number of pyridine rings is 1. The third kappa shape index (κ3) is 3.17. The van der Waals surface area contributed by atoms with Crippen LogP contribution in [0.2, 0.25) is 0 Å². The van der Waals surface area contributed by atoms with Crippen molar-refractivity contribution in [1.29, 1.82) is 0 Å². The summed E-state index contributed by atoms with van der Waals surface area (Å²) in [5.74, 6) is -0.177. The van der Waals surface area contributed by atoms with E-state index in [1.165, 1.54) is 15.3 Å². The molecule has 0 aromatic carbocycles. The summed E-state index contributed by atoms with van der Waals surface area (Å²) in [5, 5.41) is 6.00. The molecule has 2 N–H and O–H groups in total. The third-order valence-electron chi connectivity index (χ3n) is 3.15. The van der Waals surface area contributed by atoms with Crippen molar-refractivity contribution in [3.8, 4) is 0 Å². The molecule has 1 atom stereocenters. The molecule has 4 nitrogen and oxygen atoms in total. The number of aryl methyl sites for hydroxylation is 2. The zero-order chi connectivity index (χ0) is 14.7. The monoisotopic (exact) mass is 289 g/mol. The highest BCUT2D eigenvalue weighted by atomic mass is 32.1. The molecular formula is C15H19N3OS. The second-order valence-electron chi connectivity index (χ2n) is 4.74. The maximum absolute atomic E-state index is 11.6. The lowest BCUT2D eigenvalue weighted by molar-refractivity contribution is 0.0958. The van der Waals surface area contributed by atoms with Crippen molar-refractivity contribution < 1.29 is 4.79 Å². The van der Waals surface area contributed by atoms with Gasteiger partial charge in [-0.1, -0.05) is 0 Å². The molecule has 1 amide bonds. The molecule has 2 rings (SSSR count). The summed E-state index contributed by atoms with van der Waals surface area (Å²) in [6.07, 6.45) is 1.64. The molecule has 2 aromatic heterocycles. The van der Waals surface area contributed by atoms with Crippen molar-refractivity contribution in [3.05, 3.63) is 45.4 Å². The molecule has 5 heteroatoms. The van der Waals surface area contributed by atoms with Crippen LogP contribution in [0.1, 0.15) is 38.8 Å². The second kappa shape index (κ2) is 6.05. The molecule has 2 aromatic rings. The predicted octanol–water partition coefficient (Wildman–Crippen LogP) is 3.29. The van der Waals surface area contributed by atoms with Gasteiger partial charge in [0.2, 0.25) is 0 Å². The first-order valence-electron chi connectivity index (χ1n) is 6.53. The fourth-order valence-corrected chi connectivity index (χ4v) is 3.20. The standard InChI is InChI=1S/C15H19N3OS/c1-9-7-13(11(3)20-9)10(2)18-12-5-6-17-14(8-12)15(19)16-4/h5-8,10H,1-4H3,(H,16,19)(H,17,18). The predicted molar refractivity (Wildman–Crippen MR) is 83.5 cm³/mol. The van der Waals surface area contributed by atoms with E-state index in [9.17, 15) is 4.79 Å². The van der Waals surface area contributed by atoms with E-state index in [1.807, 2.05) is 6.07 Å². The van der Waals surface area contributed by atoms with Crippen molar-refractivity contribution in [2.24, 2.45) is 0 Å². The Bertz CT molecular complexity index is 621. The highest BCUT2D eigenvalue weighted by Crippen LogP contribution is 2.28. The van der Waals surface area contributed by atoms with Crippen LogP contribution >= 0.6 is 11.3 Å². The van der Waals surface area contributed by atoms with Gasteiger partial charge >= 0.3 is 0 Å². The number of thiophene rings is 1. The second-order valence-corrected chi connectivity index (χ2v) is 6.20. The summed E-state index contributed by atoms with van der Waals surface area (Å²) in [4.78, 5) is 18.3. The van der Waals surface area contributed by atoms with E-state index in [1.54, 1.807) is 30.6 Å². The van der Waals surface area contributed by atoms with Crippen molar-refractivity contribution in [2.45, 2.75) is 26.8 Å². The van der Waals surface area contributed by atoms with Gasteiger partial charge in [0.25, 0.3) is 5.91 Å². The molecule has 0 spiro atoms. The van der Waals surface area contributed by atoms with Crippen LogP contribution in [-0.2, 0) is 0 Å². The Morgan fingerprint density at radius 1 is 1.35 bits per heavy atom. The van der Waals surface area contributed by atoms with Gasteiger partial charge in [0.15, 0.2) is 0 Å². The van der Waals surface area contributed by atoms with Crippen LogP contribution in [0.5, 0.6) is 0 Å². The highest BCUT2D eigenvalue weighted by molar-refractivity contribution is 7.12. The summed E-state index contributed by atoms with van der Waals surface area (Å²) in [6.45, 7) is 6.37. The van der Waals surface area contributed by atoms with Gasteiger partial charge in [0.05, 0.1) is 0 Å². The molecule has 0 aliphatic rings.